The number of rotatable bonds is 3. The summed E-state index contributed by atoms with van der Waals surface area (Å²) in [6.07, 6.45) is 5.28. The Morgan fingerprint density at radius 2 is 2.18 bits per heavy atom. The molecule has 1 aromatic rings. The summed E-state index contributed by atoms with van der Waals surface area (Å²) in [6.45, 7) is 0.220. The fourth-order valence-electron chi connectivity index (χ4n) is 3.11. The van der Waals surface area contributed by atoms with Crippen LogP contribution >= 0.6 is 0 Å². The minimum atomic E-state index is -0.0578. The van der Waals surface area contributed by atoms with Crippen LogP contribution in [-0.4, -0.2) is 22.4 Å². The highest BCUT2D eigenvalue weighted by Crippen LogP contribution is 2.40. The maximum Gasteiger partial charge on any atom is 0.119 e. The predicted molar refractivity (Wildman–Crippen MR) is 66.0 cm³/mol. The summed E-state index contributed by atoms with van der Waals surface area (Å²) in [5.41, 5.74) is 2.24. The van der Waals surface area contributed by atoms with Crippen molar-refractivity contribution in [2.24, 2.45) is 0 Å². The fraction of sp³-hybridized carbons (Fsp3) is 0.571. The Kier molecular flexibility index (Phi) is 2.60. The zero-order valence-electron chi connectivity index (χ0n) is 9.95. The molecule has 1 fully saturated rings. The van der Waals surface area contributed by atoms with Crippen LogP contribution in [0.1, 0.15) is 42.9 Å². The van der Waals surface area contributed by atoms with Crippen molar-refractivity contribution in [2.75, 3.05) is 6.61 Å². The lowest BCUT2D eigenvalue weighted by molar-refractivity contribution is 0.0765. The molecule has 1 aromatic carbocycles. The van der Waals surface area contributed by atoms with Crippen molar-refractivity contribution in [3.63, 3.8) is 0 Å². The first-order valence-corrected chi connectivity index (χ1v) is 6.43. The number of benzene rings is 1. The van der Waals surface area contributed by atoms with Gasteiger partial charge in [0.15, 0.2) is 0 Å². The molecule has 3 rings (SSSR count). The molecule has 0 spiro atoms. The Balaban J connectivity index is 1.82. The Morgan fingerprint density at radius 3 is 2.82 bits per heavy atom. The van der Waals surface area contributed by atoms with E-state index in [0.717, 1.165) is 31.2 Å². The lowest BCUT2D eigenvalue weighted by Crippen LogP contribution is -2.54. The summed E-state index contributed by atoms with van der Waals surface area (Å²) in [7, 11) is 0. The van der Waals surface area contributed by atoms with Gasteiger partial charge in [0.05, 0.1) is 6.61 Å². The Morgan fingerprint density at radius 1 is 1.35 bits per heavy atom. The lowest BCUT2D eigenvalue weighted by Gasteiger charge is -2.43. The number of aromatic hydroxyl groups is 1. The van der Waals surface area contributed by atoms with E-state index in [1.165, 1.54) is 12.0 Å². The molecule has 3 nitrogen and oxygen atoms in total. The molecular formula is C14H19NO2. The molecule has 17 heavy (non-hydrogen) atoms. The van der Waals surface area contributed by atoms with Gasteiger partial charge in [0.1, 0.15) is 5.75 Å². The summed E-state index contributed by atoms with van der Waals surface area (Å²) in [4.78, 5) is 0. The van der Waals surface area contributed by atoms with Gasteiger partial charge in [-0.1, -0.05) is 12.1 Å². The van der Waals surface area contributed by atoms with Crippen LogP contribution in [0.5, 0.6) is 5.75 Å². The van der Waals surface area contributed by atoms with Gasteiger partial charge in [0.2, 0.25) is 0 Å². The highest BCUT2D eigenvalue weighted by Gasteiger charge is 2.39. The van der Waals surface area contributed by atoms with Gasteiger partial charge in [-0.15, -0.1) is 0 Å². The first-order valence-electron chi connectivity index (χ1n) is 6.43. The van der Waals surface area contributed by atoms with Crippen molar-refractivity contribution in [3.05, 3.63) is 29.3 Å². The van der Waals surface area contributed by atoms with Crippen molar-refractivity contribution < 1.29 is 10.2 Å². The number of aliphatic hydroxyl groups is 1. The minimum Gasteiger partial charge on any atom is -0.508 e. The van der Waals surface area contributed by atoms with Gasteiger partial charge in [0.25, 0.3) is 0 Å². The second-order valence-electron chi connectivity index (χ2n) is 5.37. The topological polar surface area (TPSA) is 52.5 Å². The van der Waals surface area contributed by atoms with Crippen LogP contribution in [0.4, 0.5) is 0 Å². The number of aliphatic hydroxyl groups excluding tert-OH is 1. The van der Waals surface area contributed by atoms with Crippen molar-refractivity contribution in [2.45, 2.75) is 43.7 Å². The van der Waals surface area contributed by atoms with Gasteiger partial charge in [-0.25, -0.2) is 0 Å². The molecule has 0 heterocycles. The van der Waals surface area contributed by atoms with Crippen LogP contribution in [0, 0.1) is 0 Å². The SMILES string of the molecule is OCC1(NC2CCc3c(O)cccc32)CCC1. The number of phenolic OH excluding ortho intramolecular Hbond substituents is 1. The van der Waals surface area contributed by atoms with E-state index in [9.17, 15) is 10.2 Å². The average molecular weight is 233 g/mol. The zero-order chi connectivity index (χ0) is 11.9. The van der Waals surface area contributed by atoms with E-state index < -0.39 is 0 Å². The first kappa shape index (κ1) is 11.1. The molecule has 3 heteroatoms. The third-order valence-electron chi connectivity index (χ3n) is 4.34. The van der Waals surface area contributed by atoms with E-state index >= 15 is 0 Å². The second kappa shape index (κ2) is 4.00. The van der Waals surface area contributed by atoms with Crippen LogP contribution in [-0.2, 0) is 6.42 Å². The average Bonchev–Trinajstić information content (AvgIpc) is 2.68. The maximum atomic E-state index is 9.80. The van der Waals surface area contributed by atoms with E-state index in [4.69, 9.17) is 0 Å². The highest BCUT2D eigenvalue weighted by molar-refractivity contribution is 5.44. The van der Waals surface area contributed by atoms with Crippen molar-refractivity contribution >= 4 is 0 Å². The molecule has 0 bridgehead atoms. The van der Waals surface area contributed by atoms with Crippen LogP contribution in [0.25, 0.3) is 0 Å². The number of hydrogen-bond acceptors (Lipinski definition) is 3. The minimum absolute atomic E-state index is 0.0578. The van der Waals surface area contributed by atoms with E-state index in [0.29, 0.717) is 11.8 Å². The standard InChI is InChI=1S/C14H19NO2/c16-9-14(7-2-8-14)15-12-6-5-11-10(12)3-1-4-13(11)17/h1,3-4,12,15-17H,2,5-9H2. The fourth-order valence-corrected chi connectivity index (χ4v) is 3.11. The van der Waals surface area contributed by atoms with E-state index in [-0.39, 0.29) is 12.1 Å². The number of hydrogen-bond donors (Lipinski definition) is 3. The molecule has 0 radical (unpaired) electrons. The Hall–Kier alpha value is -1.06. The number of nitrogens with one attached hydrogen (secondary N) is 1. The molecule has 3 N–H and O–H groups in total. The van der Waals surface area contributed by atoms with Crippen molar-refractivity contribution in [1.82, 2.24) is 5.32 Å². The summed E-state index contributed by atoms with van der Waals surface area (Å²) < 4.78 is 0. The van der Waals surface area contributed by atoms with Gasteiger partial charge in [-0.2, -0.15) is 0 Å². The summed E-state index contributed by atoms with van der Waals surface area (Å²) in [5, 5.41) is 22.9. The largest absolute Gasteiger partial charge is 0.508 e. The molecular weight excluding hydrogens is 214 g/mol. The maximum absolute atomic E-state index is 9.80. The molecule has 0 saturated heterocycles. The normalized spacial score (nSPS) is 25.4. The lowest BCUT2D eigenvalue weighted by atomic mass is 9.76. The van der Waals surface area contributed by atoms with Crippen LogP contribution < -0.4 is 5.32 Å². The highest BCUT2D eigenvalue weighted by atomic mass is 16.3. The Labute approximate surface area is 101 Å². The van der Waals surface area contributed by atoms with Gasteiger partial charge in [-0.05, 0) is 49.3 Å². The number of phenols is 1. The summed E-state index contributed by atoms with van der Waals surface area (Å²) >= 11 is 0. The quantitative estimate of drug-likeness (QED) is 0.747. The Bertz CT molecular complexity index is 421. The second-order valence-corrected chi connectivity index (χ2v) is 5.37. The monoisotopic (exact) mass is 233 g/mol. The molecule has 0 aromatic heterocycles. The third-order valence-corrected chi connectivity index (χ3v) is 4.34. The molecule has 2 aliphatic rings. The van der Waals surface area contributed by atoms with E-state index in [1.807, 2.05) is 6.07 Å². The van der Waals surface area contributed by atoms with Gasteiger partial charge in [0, 0.05) is 11.6 Å². The van der Waals surface area contributed by atoms with Crippen LogP contribution in [0.3, 0.4) is 0 Å². The zero-order valence-corrected chi connectivity index (χ0v) is 9.95. The van der Waals surface area contributed by atoms with E-state index in [2.05, 4.69) is 11.4 Å². The third kappa shape index (κ3) is 1.74. The molecule has 92 valence electrons. The van der Waals surface area contributed by atoms with E-state index in [1.54, 1.807) is 6.07 Å². The van der Waals surface area contributed by atoms with Crippen LogP contribution in [0.2, 0.25) is 0 Å². The molecule has 1 atom stereocenters. The first-order chi connectivity index (χ1) is 8.24. The molecule has 0 aliphatic heterocycles. The smallest absolute Gasteiger partial charge is 0.119 e. The van der Waals surface area contributed by atoms with Crippen molar-refractivity contribution in [3.8, 4) is 5.75 Å². The van der Waals surface area contributed by atoms with Gasteiger partial charge >= 0.3 is 0 Å². The molecule has 0 amide bonds. The van der Waals surface area contributed by atoms with Gasteiger partial charge in [-0.3, -0.25) is 0 Å². The molecule has 1 unspecified atom stereocenters. The molecule has 1 saturated carbocycles. The summed E-state index contributed by atoms with van der Waals surface area (Å²) in [6, 6.07) is 6.04. The predicted octanol–water partition coefficient (Wildman–Crippen LogP) is 1.88. The van der Waals surface area contributed by atoms with Crippen molar-refractivity contribution in [1.29, 1.82) is 0 Å². The van der Waals surface area contributed by atoms with Gasteiger partial charge < -0.3 is 15.5 Å². The molecule has 2 aliphatic carbocycles. The number of fused-ring (bicyclic) bond motifs is 1. The summed E-state index contributed by atoms with van der Waals surface area (Å²) in [5.74, 6) is 0.415. The van der Waals surface area contributed by atoms with Crippen LogP contribution in [0.15, 0.2) is 18.2 Å².